The molecule has 0 bridgehead atoms. The minimum Gasteiger partial charge on any atom is -0.478 e. The van der Waals surface area contributed by atoms with Gasteiger partial charge >= 0.3 is 0 Å². The smallest absolute Gasteiger partial charge is 0.272 e. The molecule has 1 amide bonds. The van der Waals surface area contributed by atoms with Crippen molar-refractivity contribution in [2.75, 3.05) is 37.7 Å². The largest absolute Gasteiger partial charge is 0.478 e. The van der Waals surface area contributed by atoms with Crippen LogP contribution in [0.5, 0.6) is 5.88 Å². The van der Waals surface area contributed by atoms with E-state index in [0.717, 1.165) is 0 Å². The van der Waals surface area contributed by atoms with E-state index in [0.29, 0.717) is 56.1 Å². The van der Waals surface area contributed by atoms with Crippen LogP contribution < -0.4 is 9.64 Å². The number of rotatable bonds is 4. The Morgan fingerprint density at radius 1 is 1.12 bits per heavy atom. The topological polar surface area (TPSA) is 84.3 Å². The Bertz CT molecular complexity index is 715. The Morgan fingerprint density at radius 2 is 1.88 bits per heavy atom. The number of amides is 1. The van der Waals surface area contributed by atoms with Gasteiger partial charge in [-0.1, -0.05) is 0 Å². The van der Waals surface area contributed by atoms with Gasteiger partial charge < -0.3 is 14.5 Å². The summed E-state index contributed by atoms with van der Waals surface area (Å²) in [7, 11) is 0. The highest BCUT2D eigenvalue weighted by Crippen LogP contribution is 2.15. The van der Waals surface area contributed by atoms with Crippen molar-refractivity contribution in [3.05, 3.63) is 36.0 Å². The molecule has 1 fully saturated rings. The molecule has 0 saturated carbocycles. The minimum absolute atomic E-state index is 0.0656. The summed E-state index contributed by atoms with van der Waals surface area (Å²) < 4.78 is 5.41. The number of carbonyl (C=O) groups is 1. The molecule has 1 aliphatic rings. The number of aryl methyl sites for hydroxylation is 1. The van der Waals surface area contributed by atoms with E-state index < -0.39 is 0 Å². The van der Waals surface area contributed by atoms with Crippen molar-refractivity contribution in [2.24, 2.45) is 0 Å². The molecule has 0 radical (unpaired) electrons. The molecular weight excluding hydrogens is 308 g/mol. The second-order valence-corrected chi connectivity index (χ2v) is 5.40. The maximum absolute atomic E-state index is 12.5. The Labute approximate surface area is 140 Å². The van der Waals surface area contributed by atoms with Crippen molar-refractivity contribution in [1.82, 2.24) is 24.8 Å². The molecule has 2 aromatic heterocycles. The van der Waals surface area contributed by atoms with Crippen LogP contribution >= 0.6 is 0 Å². The van der Waals surface area contributed by atoms with Crippen molar-refractivity contribution in [1.29, 1.82) is 0 Å². The molecule has 0 N–H and O–H groups in total. The molecule has 24 heavy (non-hydrogen) atoms. The Morgan fingerprint density at radius 3 is 2.58 bits per heavy atom. The number of aromatic nitrogens is 4. The molecule has 3 rings (SSSR count). The first-order valence-corrected chi connectivity index (χ1v) is 7.97. The van der Waals surface area contributed by atoms with Gasteiger partial charge in [-0.05, 0) is 19.9 Å². The highest BCUT2D eigenvalue weighted by molar-refractivity contribution is 5.92. The second kappa shape index (κ2) is 7.20. The average Bonchev–Trinajstić information content (AvgIpc) is 2.62. The fraction of sp³-hybridized carbons (Fsp3) is 0.438. The first-order valence-electron chi connectivity index (χ1n) is 7.97. The van der Waals surface area contributed by atoms with Gasteiger partial charge in [0.2, 0.25) is 11.8 Å². The lowest BCUT2D eigenvalue weighted by molar-refractivity contribution is 0.0739. The maximum Gasteiger partial charge on any atom is 0.272 e. The summed E-state index contributed by atoms with van der Waals surface area (Å²) in [6.07, 6.45) is 3.30. The summed E-state index contributed by atoms with van der Waals surface area (Å²) in [5.74, 6) is 1.73. The summed E-state index contributed by atoms with van der Waals surface area (Å²) in [5.41, 5.74) is 0.436. The molecule has 1 aliphatic heterocycles. The predicted molar refractivity (Wildman–Crippen MR) is 88.1 cm³/mol. The van der Waals surface area contributed by atoms with E-state index in [1.807, 2.05) is 6.92 Å². The lowest BCUT2D eigenvalue weighted by atomic mass is 10.2. The van der Waals surface area contributed by atoms with Gasteiger partial charge in [0.25, 0.3) is 5.91 Å². The lowest BCUT2D eigenvalue weighted by Crippen LogP contribution is -2.49. The predicted octanol–water partition coefficient (Wildman–Crippen LogP) is 0.936. The third-order valence-corrected chi connectivity index (χ3v) is 3.75. The maximum atomic E-state index is 12.5. The van der Waals surface area contributed by atoms with E-state index in [-0.39, 0.29) is 5.91 Å². The second-order valence-electron chi connectivity index (χ2n) is 5.40. The van der Waals surface area contributed by atoms with Crippen LogP contribution in [0.4, 0.5) is 5.95 Å². The van der Waals surface area contributed by atoms with E-state index in [9.17, 15) is 4.79 Å². The van der Waals surface area contributed by atoms with Crippen molar-refractivity contribution < 1.29 is 9.53 Å². The van der Waals surface area contributed by atoms with Crippen LogP contribution in [0.1, 0.15) is 23.2 Å². The fourth-order valence-electron chi connectivity index (χ4n) is 2.56. The molecule has 0 atom stereocenters. The number of anilines is 1. The van der Waals surface area contributed by atoms with Gasteiger partial charge in [-0.3, -0.25) is 4.79 Å². The molecule has 0 aromatic carbocycles. The summed E-state index contributed by atoms with van der Waals surface area (Å²) in [6.45, 7) is 6.81. The normalized spacial score (nSPS) is 14.6. The molecule has 3 heterocycles. The van der Waals surface area contributed by atoms with Crippen LogP contribution in [-0.2, 0) is 0 Å². The zero-order valence-electron chi connectivity index (χ0n) is 13.8. The van der Waals surface area contributed by atoms with E-state index in [4.69, 9.17) is 4.74 Å². The summed E-state index contributed by atoms with van der Waals surface area (Å²) in [5, 5.41) is 0. The van der Waals surface area contributed by atoms with E-state index in [1.54, 1.807) is 36.4 Å². The fourth-order valence-corrected chi connectivity index (χ4v) is 2.56. The zero-order chi connectivity index (χ0) is 16.9. The summed E-state index contributed by atoms with van der Waals surface area (Å²) in [6, 6.07) is 3.39. The Hall–Kier alpha value is -2.77. The lowest BCUT2D eigenvalue weighted by Gasteiger charge is -2.34. The molecular formula is C16H20N6O2. The molecule has 8 nitrogen and oxygen atoms in total. The van der Waals surface area contributed by atoms with Crippen molar-refractivity contribution in [3.8, 4) is 5.88 Å². The first kappa shape index (κ1) is 16.1. The van der Waals surface area contributed by atoms with Crippen molar-refractivity contribution >= 4 is 11.9 Å². The van der Waals surface area contributed by atoms with Crippen LogP contribution in [0.2, 0.25) is 0 Å². The van der Waals surface area contributed by atoms with Gasteiger partial charge in [0.15, 0.2) is 0 Å². The Balaban J connectivity index is 1.63. The molecule has 1 saturated heterocycles. The Kier molecular flexibility index (Phi) is 4.83. The highest BCUT2D eigenvalue weighted by atomic mass is 16.5. The molecule has 0 spiro atoms. The van der Waals surface area contributed by atoms with Crippen LogP contribution in [0.3, 0.4) is 0 Å². The van der Waals surface area contributed by atoms with Gasteiger partial charge in [0, 0.05) is 44.6 Å². The minimum atomic E-state index is -0.0656. The number of hydrogen-bond donors (Lipinski definition) is 0. The number of piperazine rings is 1. The van der Waals surface area contributed by atoms with Gasteiger partial charge in [-0.2, -0.15) is 4.98 Å². The molecule has 0 aliphatic carbocycles. The number of hydrogen-bond acceptors (Lipinski definition) is 7. The SMILES string of the molecule is CCOc1ccnc(N2CCN(C(=O)c3ccnc(C)n3)CC2)n1. The van der Waals surface area contributed by atoms with Crippen LogP contribution in [-0.4, -0.2) is 63.5 Å². The van der Waals surface area contributed by atoms with Gasteiger partial charge in [0.05, 0.1) is 6.61 Å². The van der Waals surface area contributed by atoms with Crippen LogP contribution in [0.25, 0.3) is 0 Å². The average molecular weight is 328 g/mol. The number of carbonyl (C=O) groups excluding carboxylic acids is 1. The third-order valence-electron chi connectivity index (χ3n) is 3.75. The zero-order valence-corrected chi connectivity index (χ0v) is 13.8. The van der Waals surface area contributed by atoms with Gasteiger partial charge in [0.1, 0.15) is 11.5 Å². The molecule has 126 valence electrons. The van der Waals surface area contributed by atoms with Crippen molar-refractivity contribution in [3.63, 3.8) is 0 Å². The number of nitrogens with zero attached hydrogens (tertiary/aromatic N) is 6. The molecule has 2 aromatic rings. The molecule has 8 heteroatoms. The standard InChI is InChI=1S/C16H20N6O2/c1-3-24-14-5-7-18-16(20-14)22-10-8-21(9-11-22)15(23)13-4-6-17-12(2)19-13/h4-7H,3,8-11H2,1-2H3. The first-order chi connectivity index (χ1) is 11.7. The van der Waals surface area contributed by atoms with Crippen LogP contribution in [0.15, 0.2) is 24.5 Å². The van der Waals surface area contributed by atoms with Crippen LogP contribution in [0, 0.1) is 6.92 Å². The quantitative estimate of drug-likeness (QED) is 0.825. The van der Waals surface area contributed by atoms with E-state index in [2.05, 4.69) is 24.8 Å². The van der Waals surface area contributed by atoms with Gasteiger partial charge in [-0.25, -0.2) is 15.0 Å². The molecule has 0 unspecified atom stereocenters. The third kappa shape index (κ3) is 3.58. The van der Waals surface area contributed by atoms with Crippen molar-refractivity contribution in [2.45, 2.75) is 13.8 Å². The van der Waals surface area contributed by atoms with Gasteiger partial charge in [-0.15, -0.1) is 0 Å². The highest BCUT2D eigenvalue weighted by Gasteiger charge is 2.24. The van der Waals surface area contributed by atoms with E-state index >= 15 is 0 Å². The summed E-state index contributed by atoms with van der Waals surface area (Å²) >= 11 is 0. The number of ether oxygens (including phenoxy) is 1. The van der Waals surface area contributed by atoms with E-state index in [1.165, 1.54) is 0 Å². The summed E-state index contributed by atoms with van der Waals surface area (Å²) in [4.78, 5) is 33.3. The monoisotopic (exact) mass is 328 g/mol.